The van der Waals surface area contributed by atoms with Crippen LogP contribution in [0.4, 0.5) is 0 Å². The molecule has 21 heavy (non-hydrogen) atoms. The second kappa shape index (κ2) is 7.22. The Hall–Kier alpha value is -0.430. The zero-order chi connectivity index (χ0) is 15.5. The Morgan fingerprint density at radius 3 is 2.71 bits per heavy atom. The predicted octanol–water partition coefficient (Wildman–Crippen LogP) is 3.02. The Kier molecular flexibility index (Phi) is 5.82. The summed E-state index contributed by atoms with van der Waals surface area (Å²) < 4.78 is 27.4. The van der Waals surface area contributed by atoms with E-state index in [1.165, 1.54) is 12.8 Å². The van der Waals surface area contributed by atoms with Gasteiger partial charge in [0.05, 0.1) is 4.90 Å². The van der Waals surface area contributed by atoms with Gasteiger partial charge in [-0.3, -0.25) is 0 Å². The minimum atomic E-state index is -3.35. The molecule has 1 heterocycles. The van der Waals surface area contributed by atoms with Gasteiger partial charge in [-0.25, -0.2) is 13.1 Å². The molecule has 0 spiro atoms. The highest BCUT2D eigenvalue weighted by atomic mass is 32.2. The van der Waals surface area contributed by atoms with Crippen molar-refractivity contribution in [2.75, 3.05) is 6.54 Å². The first-order valence-corrected chi connectivity index (χ1v) is 10.0. The number of thiophene rings is 1. The highest BCUT2D eigenvalue weighted by Gasteiger charge is 2.22. The largest absolute Gasteiger partial charge is 0.310 e. The molecule has 0 bridgehead atoms. The number of sulfonamides is 1. The molecule has 1 aliphatic carbocycles. The van der Waals surface area contributed by atoms with E-state index in [4.69, 9.17) is 0 Å². The maximum atomic E-state index is 12.3. The van der Waals surface area contributed by atoms with Crippen LogP contribution < -0.4 is 10.0 Å². The Balaban J connectivity index is 1.91. The van der Waals surface area contributed by atoms with E-state index in [2.05, 4.69) is 23.9 Å². The van der Waals surface area contributed by atoms with Gasteiger partial charge in [0.15, 0.2) is 0 Å². The van der Waals surface area contributed by atoms with Crippen molar-refractivity contribution in [2.24, 2.45) is 5.92 Å². The van der Waals surface area contributed by atoms with Crippen LogP contribution in [0.3, 0.4) is 0 Å². The molecule has 0 radical (unpaired) electrons. The van der Waals surface area contributed by atoms with Gasteiger partial charge in [0.1, 0.15) is 0 Å². The van der Waals surface area contributed by atoms with Crippen molar-refractivity contribution in [3.63, 3.8) is 0 Å². The first-order chi connectivity index (χ1) is 9.88. The summed E-state index contributed by atoms with van der Waals surface area (Å²) in [6.07, 6.45) is 4.73. The molecule has 4 nitrogen and oxygen atoms in total. The number of aryl methyl sites for hydroxylation is 1. The van der Waals surface area contributed by atoms with E-state index >= 15 is 0 Å². The van der Waals surface area contributed by atoms with Crippen molar-refractivity contribution < 1.29 is 8.42 Å². The van der Waals surface area contributed by atoms with Gasteiger partial charge in [-0.05, 0) is 31.7 Å². The quantitative estimate of drug-likeness (QED) is 0.684. The Morgan fingerprint density at radius 1 is 1.38 bits per heavy atom. The standard InChI is InChI=1S/C15H26N2O2S2/c1-11(2)16-10-14-9-15(12(3)20-14)21(18,19)17-8-4-5-13-6-7-13/h9,11,13,16-17H,4-8,10H2,1-3H3. The molecular formula is C15H26N2O2S2. The van der Waals surface area contributed by atoms with Gasteiger partial charge < -0.3 is 5.32 Å². The highest BCUT2D eigenvalue weighted by molar-refractivity contribution is 7.89. The van der Waals surface area contributed by atoms with Gasteiger partial charge in [-0.15, -0.1) is 11.3 Å². The Bertz CT molecular complexity index is 560. The fourth-order valence-electron chi connectivity index (χ4n) is 2.26. The molecule has 0 amide bonds. The fourth-order valence-corrected chi connectivity index (χ4v) is 4.92. The van der Waals surface area contributed by atoms with Gasteiger partial charge in [0.25, 0.3) is 0 Å². The lowest BCUT2D eigenvalue weighted by Gasteiger charge is -2.06. The summed E-state index contributed by atoms with van der Waals surface area (Å²) in [6.45, 7) is 7.31. The third kappa shape index (κ3) is 5.36. The van der Waals surface area contributed by atoms with Gasteiger partial charge >= 0.3 is 0 Å². The Morgan fingerprint density at radius 2 is 2.10 bits per heavy atom. The second-order valence-electron chi connectivity index (χ2n) is 6.15. The summed E-state index contributed by atoms with van der Waals surface area (Å²) in [4.78, 5) is 2.38. The maximum Gasteiger partial charge on any atom is 0.241 e. The number of hydrogen-bond acceptors (Lipinski definition) is 4. The molecule has 120 valence electrons. The highest BCUT2D eigenvalue weighted by Crippen LogP contribution is 2.33. The summed E-state index contributed by atoms with van der Waals surface area (Å²) in [7, 11) is -3.35. The summed E-state index contributed by atoms with van der Waals surface area (Å²) in [5.74, 6) is 0.853. The summed E-state index contributed by atoms with van der Waals surface area (Å²) >= 11 is 1.56. The first-order valence-electron chi connectivity index (χ1n) is 7.71. The molecule has 1 aromatic rings. The molecule has 0 saturated heterocycles. The van der Waals surface area contributed by atoms with E-state index < -0.39 is 10.0 Å². The van der Waals surface area contributed by atoms with Crippen molar-refractivity contribution in [1.29, 1.82) is 0 Å². The molecule has 2 N–H and O–H groups in total. The smallest absolute Gasteiger partial charge is 0.241 e. The fraction of sp³-hybridized carbons (Fsp3) is 0.733. The third-order valence-electron chi connectivity index (χ3n) is 3.68. The molecule has 1 fully saturated rings. The molecule has 1 aromatic heterocycles. The lowest BCUT2D eigenvalue weighted by atomic mass is 10.2. The SMILES string of the molecule is Cc1sc(CNC(C)C)cc1S(=O)(=O)NCCCC1CC1. The van der Waals surface area contributed by atoms with Gasteiger partial charge in [0, 0.05) is 28.9 Å². The van der Waals surface area contributed by atoms with Crippen LogP contribution in [-0.2, 0) is 16.6 Å². The molecule has 0 atom stereocenters. The molecule has 6 heteroatoms. The zero-order valence-electron chi connectivity index (χ0n) is 13.1. The van der Waals surface area contributed by atoms with E-state index in [1.54, 1.807) is 17.4 Å². The van der Waals surface area contributed by atoms with E-state index in [0.29, 0.717) is 17.5 Å². The van der Waals surface area contributed by atoms with E-state index in [0.717, 1.165) is 35.1 Å². The molecular weight excluding hydrogens is 304 g/mol. The maximum absolute atomic E-state index is 12.3. The van der Waals surface area contributed by atoms with E-state index in [9.17, 15) is 8.42 Å². The average Bonchev–Trinajstić information content (AvgIpc) is 3.14. The summed E-state index contributed by atoms with van der Waals surface area (Å²) in [6, 6.07) is 2.20. The average molecular weight is 331 g/mol. The normalized spacial score (nSPS) is 15.8. The first kappa shape index (κ1) is 16.9. The van der Waals surface area contributed by atoms with E-state index in [-0.39, 0.29) is 0 Å². The monoisotopic (exact) mass is 330 g/mol. The van der Waals surface area contributed by atoms with Crippen LogP contribution in [0.1, 0.15) is 49.3 Å². The molecule has 1 saturated carbocycles. The van der Waals surface area contributed by atoms with Gasteiger partial charge in [0.2, 0.25) is 10.0 Å². The van der Waals surface area contributed by atoms with Crippen LogP contribution in [0.5, 0.6) is 0 Å². The van der Waals surface area contributed by atoms with Crippen LogP contribution in [0.25, 0.3) is 0 Å². The van der Waals surface area contributed by atoms with Crippen molar-refractivity contribution in [3.8, 4) is 0 Å². The summed E-state index contributed by atoms with van der Waals surface area (Å²) in [5, 5.41) is 3.32. The third-order valence-corrected chi connectivity index (χ3v) is 6.44. The van der Waals surface area contributed by atoms with Gasteiger partial charge in [-0.2, -0.15) is 0 Å². The lowest BCUT2D eigenvalue weighted by molar-refractivity contribution is 0.572. The molecule has 0 aliphatic heterocycles. The topological polar surface area (TPSA) is 58.2 Å². The number of nitrogens with one attached hydrogen (secondary N) is 2. The number of hydrogen-bond donors (Lipinski definition) is 2. The molecule has 0 unspecified atom stereocenters. The van der Waals surface area contributed by atoms with Crippen molar-refractivity contribution >= 4 is 21.4 Å². The minimum absolute atomic E-state index is 0.396. The summed E-state index contributed by atoms with van der Waals surface area (Å²) in [5.41, 5.74) is 0. The molecule has 0 aromatic carbocycles. The van der Waals surface area contributed by atoms with Crippen LogP contribution in [-0.4, -0.2) is 21.0 Å². The minimum Gasteiger partial charge on any atom is -0.310 e. The Labute approximate surface area is 132 Å². The van der Waals surface area contributed by atoms with Crippen LogP contribution >= 0.6 is 11.3 Å². The van der Waals surface area contributed by atoms with Crippen LogP contribution in [0.2, 0.25) is 0 Å². The number of rotatable bonds is 9. The van der Waals surface area contributed by atoms with Crippen LogP contribution in [0, 0.1) is 12.8 Å². The molecule has 2 rings (SSSR count). The van der Waals surface area contributed by atoms with Crippen molar-refractivity contribution in [2.45, 2.75) is 63.9 Å². The van der Waals surface area contributed by atoms with E-state index in [1.807, 2.05) is 6.92 Å². The van der Waals surface area contributed by atoms with Crippen LogP contribution in [0.15, 0.2) is 11.0 Å². The second-order valence-corrected chi connectivity index (χ2v) is 9.23. The molecule has 1 aliphatic rings. The van der Waals surface area contributed by atoms with Gasteiger partial charge in [-0.1, -0.05) is 26.7 Å². The van der Waals surface area contributed by atoms with Crippen molar-refractivity contribution in [3.05, 3.63) is 15.8 Å². The predicted molar refractivity (Wildman–Crippen MR) is 88.2 cm³/mol. The zero-order valence-corrected chi connectivity index (χ0v) is 14.7. The lowest BCUT2D eigenvalue weighted by Crippen LogP contribution is -2.25. The van der Waals surface area contributed by atoms with Crippen molar-refractivity contribution in [1.82, 2.24) is 10.0 Å².